The van der Waals surface area contributed by atoms with Gasteiger partial charge in [-0.25, -0.2) is 4.68 Å². The van der Waals surface area contributed by atoms with E-state index in [1.165, 1.54) is 12.0 Å². The van der Waals surface area contributed by atoms with Crippen LogP contribution in [0, 0.1) is 0 Å². The van der Waals surface area contributed by atoms with Crippen molar-refractivity contribution < 1.29 is 19.1 Å². The van der Waals surface area contributed by atoms with Gasteiger partial charge in [-0.1, -0.05) is 42.5 Å². The molecule has 0 unspecified atom stereocenters. The molecular weight excluding hydrogens is 482 g/mol. The van der Waals surface area contributed by atoms with Crippen LogP contribution in [0.3, 0.4) is 0 Å². The Balaban J connectivity index is 1.86. The first kappa shape index (κ1) is 26.7. The maximum atomic E-state index is 14.1. The molecule has 4 aromatic rings. The molecule has 9 heteroatoms. The number of anilines is 1. The lowest BCUT2D eigenvalue weighted by Crippen LogP contribution is -2.51. The van der Waals surface area contributed by atoms with Crippen LogP contribution in [0.25, 0.3) is 11.0 Å². The van der Waals surface area contributed by atoms with Crippen LogP contribution < -0.4 is 19.7 Å². The van der Waals surface area contributed by atoms with Crippen LogP contribution in [-0.4, -0.2) is 46.6 Å². The van der Waals surface area contributed by atoms with Crippen molar-refractivity contribution in [2.45, 2.75) is 45.3 Å². The second-order valence-corrected chi connectivity index (χ2v) is 9.57. The summed E-state index contributed by atoms with van der Waals surface area (Å²) in [6.07, 6.45) is 0.704. The minimum Gasteiger partial charge on any atom is -0.497 e. The van der Waals surface area contributed by atoms with E-state index in [4.69, 9.17) is 9.47 Å². The molecule has 0 aliphatic carbocycles. The summed E-state index contributed by atoms with van der Waals surface area (Å²) in [5.41, 5.74) is 2.00. The van der Waals surface area contributed by atoms with Crippen molar-refractivity contribution in [3.63, 3.8) is 0 Å². The van der Waals surface area contributed by atoms with E-state index in [1.807, 2.05) is 63.2 Å². The zero-order valence-electron chi connectivity index (χ0n) is 22.3. The Morgan fingerprint density at radius 2 is 1.71 bits per heavy atom. The molecule has 0 radical (unpaired) electrons. The van der Waals surface area contributed by atoms with Gasteiger partial charge in [0.05, 0.1) is 19.7 Å². The lowest BCUT2D eigenvalue weighted by atomic mass is 9.97. The Labute approximate surface area is 222 Å². The summed E-state index contributed by atoms with van der Waals surface area (Å²) in [5.74, 6) is 0.337. The first-order valence-electron chi connectivity index (χ1n) is 12.5. The molecular formula is C29H33N5O4. The number of amides is 2. The number of ether oxygens (including phenoxy) is 2. The molecule has 0 bridgehead atoms. The number of hydrogen-bond donors (Lipinski definition) is 1. The van der Waals surface area contributed by atoms with Crippen molar-refractivity contribution in [1.29, 1.82) is 0 Å². The monoisotopic (exact) mass is 515 g/mol. The van der Waals surface area contributed by atoms with E-state index < -0.39 is 11.6 Å². The molecule has 2 amide bonds. The van der Waals surface area contributed by atoms with E-state index in [0.717, 1.165) is 5.52 Å². The average molecular weight is 516 g/mol. The minimum atomic E-state index is -1.04. The third kappa shape index (κ3) is 5.61. The van der Waals surface area contributed by atoms with Gasteiger partial charge in [-0.15, -0.1) is 5.10 Å². The molecule has 1 N–H and O–H groups in total. The molecule has 1 heterocycles. The summed E-state index contributed by atoms with van der Waals surface area (Å²) in [5, 5.41) is 11.5. The van der Waals surface area contributed by atoms with E-state index in [2.05, 4.69) is 15.6 Å². The Morgan fingerprint density at radius 1 is 1.00 bits per heavy atom. The van der Waals surface area contributed by atoms with Crippen LogP contribution in [0.2, 0.25) is 0 Å². The number of rotatable bonds is 10. The van der Waals surface area contributed by atoms with E-state index >= 15 is 0 Å². The highest BCUT2D eigenvalue weighted by atomic mass is 16.5. The second-order valence-electron chi connectivity index (χ2n) is 9.57. The van der Waals surface area contributed by atoms with Gasteiger partial charge in [-0.2, -0.15) is 0 Å². The number of nitrogens with zero attached hydrogens (tertiary/aromatic N) is 4. The van der Waals surface area contributed by atoms with Crippen molar-refractivity contribution >= 4 is 28.5 Å². The van der Waals surface area contributed by atoms with Gasteiger partial charge in [0.25, 0.3) is 0 Å². The largest absolute Gasteiger partial charge is 0.497 e. The van der Waals surface area contributed by atoms with Crippen molar-refractivity contribution in [1.82, 2.24) is 20.3 Å². The second kappa shape index (κ2) is 11.3. The predicted octanol–water partition coefficient (Wildman–Crippen LogP) is 4.53. The summed E-state index contributed by atoms with van der Waals surface area (Å²) in [6.45, 7) is 5.78. The highest BCUT2D eigenvalue weighted by Gasteiger charge is 2.37. The number of carbonyl (C=O) groups is 2. The number of para-hydroxylation sites is 2. The molecule has 0 aliphatic rings. The van der Waals surface area contributed by atoms with E-state index in [0.29, 0.717) is 34.7 Å². The molecule has 38 heavy (non-hydrogen) atoms. The molecule has 198 valence electrons. The molecule has 0 fully saturated rings. The fraction of sp³-hybridized carbons (Fsp3) is 0.310. The fourth-order valence-corrected chi connectivity index (χ4v) is 4.20. The molecule has 0 saturated carbocycles. The zero-order chi connectivity index (χ0) is 27.3. The lowest BCUT2D eigenvalue weighted by Gasteiger charge is -2.35. The third-order valence-electron chi connectivity index (χ3n) is 6.60. The van der Waals surface area contributed by atoms with Crippen LogP contribution in [0.5, 0.6) is 11.5 Å². The molecule has 0 aliphatic heterocycles. The Morgan fingerprint density at radius 3 is 2.39 bits per heavy atom. The molecule has 1 aromatic heterocycles. The topological polar surface area (TPSA) is 98.6 Å². The normalized spacial score (nSPS) is 12.1. The highest BCUT2D eigenvalue weighted by molar-refractivity contribution is 6.02. The predicted molar refractivity (Wildman–Crippen MR) is 146 cm³/mol. The average Bonchev–Trinajstić information content (AvgIpc) is 3.34. The molecule has 3 aromatic carbocycles. The van der Waals surface area contributed by atoms with Gasteiger partial charge in [-0.3, -0.25) is 14.5 Å². The van der Waals surface area contributed by atoms with Crippen molar-refractivity contribution in [3.8, 4) is 11.5 Å². The van der Waals surface area contributed by atoms with Crippen molar-refractivity contribution in [2.75, 3.05) is 19.1 Å². The SMILES string of the molecule is CCC(C)(C)NC(=O)[C@H](c1ccc(OC)cc1OC)N(C(=O)Cn1nnc2ccccc21)c1ccccc1. The Bertz CT molecular complexity index is 1420. The quantitative estimate of drug-likeness (QED) is 0.333. The maximum Gasteiger partial charge on any atom is 0.249 e. The van der Waals surface area contributed by atoms with Crippen LogP contribution in [-0.2, 0) is 16.1 Å². The molecule has 0 saturated heterocycles. The van der Waals surface area contributed by atoms with Gasteiger partial charge in [0, 0.05) is 22.9 Å². The van der Waals surface area contributed by atoms with Gasteiger partial charge in [-0.05, 0) is 56.7 Å². The molecule has 4 rings (SSSR count). The number of benzene rings is 3. The van der Waals surface area contributed by atoms with Gasteiger partial charge >= 0.3 is 0 Å². The van der Waals surface area contributed by atoms with Crippen LogP contribution in [0.1, 0.15) is 38.8 Å². The number of hydrogen-bond acceptors (Lipinski definition) is 6. The van der Waals surface area contributed by atoms with Crippen molar-refractivity contribution in [2.24, 2.45) is 0 Å². The zero-order valence-corrected chi connectivity index (χ0v) is 22.3. The number of carbonyl (C=O) groups excluding carboxylic acids is 2. The first-order chi connectivity index (χ1) is 18.3. The van der Waals surface area contributed by atoms with Gasteiger partial charge in [0.1, 0.15) is 29.6 Å². The summed E-state index contributed by atoms with van der Waals surface area (Å²) in [4.78, 5) is 29.7. The number of fused-ring (bicyclic) bond motifs is 1. The standard InChI is InChI=1S/C29H33N5O4/c1-6-29(2,3)30-28(36)27(22-17-16-21(37-4)18-25(22)38-5)34(20-12-8-7-9-13-20)26(35)19-33-24-15-11-10-14-23(24)31-32-33/h7-18,27H,6,19H2,1-5H3,(H,30,36)/t27-/m0/s1. The smallest absolute Gasteiger partial charge is 0.249 e. The first-order valence-corrected chi connectivity index (χ1v) is 12.5. The molecule has 0 spiro atoms. The van der Waals surface area contributed by atoms with Crippen LogP contribution >= 0.6 is 0 Å². The van der Waals surface area contributed by atoms with Crippen LogP contribution in [0.4, 0.5) is 5.69 Å². The summed E-state index contributed by atoms with van der Waals surface area (Å²) < 4.78 is 12.6. The highest BCUT2D eigenvalue weighted by Crippen LogP contribution is 2.36. The third-order valence-corrected chi connectivity index (χ3v) is 6.60. The Kier molecular flexibility index (Phi) is 7.95. The summed E-state index contributed by atoms with van der Waals surface area (Å²) >= 11 is 0. The van der Waals surface area contributed by atoms with E-state index in [-0.39, 0.29) is 18.4 Å². The van der Waals surface area contributed by atoms with Gasteiger partial charge in [0.15, 0.2) is 0 Å². The number of nitrogens with one attached hydrogen (secondary N) is 1. The minimum absolute atomic E-state index is 0.116. The van der Waals surface area contributed by atoms with Crippen LogP contribution in [0.15, 0.2) is 72.8 Å². The molecule has 9 nitrogen and oxygen atoms in total. The van der Waals surface area contributed by atoms with E-state index in [1.54, 1.807) is 42.1 Å². The Hall–Kier alpha value is -4.40. The number of aromatic nitrogens is 3. The maximum absolute atomic E-state index is 14.1. The van der Waals surface area contributed by atoms with Gasteiger partial charge in [0.2, 0.25) is 11.8 Å². The van der Waals surface area contributed by atoms with E-state index in [9.17, 15) is 9.59 Å². The fourth-order valence-electron chi connectivity index (χ4n) is 4.20. The lowest BCUT2D eigenvalue weighted by molar-refractivity contribution is -0.128. The van der Waals surface area contributed by atoms with Gasteiger partial charge < -0.3 is 14.8 Å². The van der Waals surface area contributed by atoms with Crippen molar-refractivity contribution in [3.05, 3.63) is 78.4 Å². The summed E-state index contributed by atoms with van der Waals surface area (Å²) in [7, 11) is 3.09. The summed E-state index contributed by atoms with van der Waals surface area (Å²) in [6, 6.07) is 20.7. The number of methoxy groups -OCH3 is 2. The molecule has 1 atom stereocenters.